The number of hydrogen-bond acceptors (Lipinski definition) is 5. The maximum Gasteiger partial charge on any atom is 0.308 e. The molecule has 0 fully saturated rings. The number of rotatable bonds is 9. The van der Waals surface area contributed by atoms with Crippen LogP contribution in [0.25, 0.3) is 0 Å². The molecule has 162 valence electrons. The van der Waals surface area contributed by atoms with Crippen molar-refractivity contribution in [2.45, 2.75) is 31.2 Å². The standard InChI is InChI=1S/C23H23ClN2O4S/c1-18(27)30-22-10-3-7-20(15-22)17-26(31(28,29)23-11-4-12-25-16-23)13-5-8-19-6-2-9-21(24)14-19/h2-4,6-7,9-12,14-16H,5,8,13,17H2,1H3. The molecule has 0 amide bonds. The Hall–Kier alpha value is -2.74. The van der Waals surface area contributed by atoms with Crippen LogP contribution in [0.1, 0.15) is 24.5 Å². The molecule has 0 spiro atoms. The Morgan fingerprint density at radius 3 is 2.55 bits per heavy atom. The van der Waals surface area contributed by atoms with Crippen molar-refractivity contribution in [2.24, 2.45) is 0 Å². The summed E-state index contributed by atoms with van der Waals surface area (Å²) in [5.74, 6) is -0.0545. The molecule has 0 unspecified atom stereocenters. The molecule has 8 heteroatoms. The minimum atomic E-state index is -3.76. The lowest BCUT2D eigenvalue weighted by atomic mass is 10.1. The van der Waals surface area contributed by atoms with Crippen molar-refractivity contribution in [1.29, 1.82) is 0 Å². The maximum atomic E-state index is 13.3. The van der Waals surface area contributed by atoms with Crippen LogP contribution in [0.2, 0.25) is 5.02 Å². The molecule has 6 nitrogen and oxygen atoms in total. The molecule has 0 radical (unpaired) electrons. The number of halogens is 1. The summed E-state index contributed by atoms with van der Waals surface area (Å²) in [5.41, 5.74) is 1.76. The first kappa shape index (κ1) is 22.9. The van der Waals surface area contributed by atoms with Crippen LogP contribution in [0.3, 0.4) is 0 Å². The van der Waals surface area contributed by atoms with Crippen molar-refractivity contribution in [2.75, 3.05) is 6.54 Å². The molecule has 3 aromatic rings. The fraction of sp³-hybridized carbons (Fsp3) is 0.217. The van der Waals surface area contributed by atoms with Gasteiger partial charge in [0.25, 0.3) is 0 Å². The van der Waals surface area contributed by atoms with E-state index < -0.39 is 16.0 Å². The predicted octanol–water partition coefficient (Wildman–Crippen LogP) is 4.48. The number of sulfonamides is 1. The van der Waals surface area contributed by atoms with E-state index in [1.54, 1.807) is 36.4 Å². The molecule has 0 aliphatic carbocycles. The lowest BCUT2D eigenvalue weighted by Crippen LogP contribution is -2.32. The summed E-state index contributed by atoms with van der Waals surface area (Å²) in [6.45, 7) is 1.77. The van der Waals surface area contributed by atoms with Crippen molar-refractivity contribution in [1.82, 2.24) is 9.29 Å². The number of pyridine rings is 1. The number of ether oxygens (including phenoxy) is 1. The first-order valence-corrected chi connectivity index (χ1v) is 11.6. The highest BCUT2D eigenvalue weighted by atomic mass is 35.5. The van der Waals surface area contributed by atoms with Crippen LogP contribution in [0.15, 0.2) is 78.0 Å². The lowest BCUT2D eigenvalue weighted by molar-refractivity contribution is -0.131. The fourth-order valence-electron chi connectivity index (χ4n) is 3.16. The van der Waals surface area contributed by atoms with E-state index in [-0.39, 0.29) is 11.4 Å². The van der Waals surface area contributed by atoms with Gasteiger partial charge in [-0.3, -0.25) is 9.78 Å². The molecular formula is C23H23ClN2O4S. The second kappa shape index (κ2) is 10.5. The Kier molecular flexibility index (Phi) is 7.79. The smallest absolute Gasteiger partial charge is 0.308 e. The second-order valence-corrected chi connectivity index (χ2v) is 9.38. The lowest BCUT2D eigenvalue weighted by Gasteiger charge is -2.22. The molecule has 0 saturated heterocycles. The molecule has 3 rings (SSSR count). The van der Waals surface area contributed by atoms with Gasteiger partial charge in [-0.2, -0.15) is 4.31 Å². The van der Waals surface area contributed by atoms with Crippen molar-refractivity contribution in [3.8, 4) is 5.75 Å². The Morgan fingerprint density at radius 2 is 1.84 bits per heavy atom. The van der Waals surface area contributed by atoms with Gasteiger partial charge >= 0.3 is 5.97 Å². The van der Waals surface area contributed by atoms with Crippen molar-refractivity contribution in [3.63, 3.8) is 0 Å². The van der Waals surface area contributed by atoms with Gasteiger partial charge in [0, 0.05) is 37.4 Å². The zero-order chi connectivity index (χ0) is 22.3. The molecule has 1 aromatic heterocycles. The third-order valence-electron chi connectivity index (χ3n) is 4.55. The van der Waals surface area contributed by atoms with E-state index >= 15 is 0 Å². The molecule has 0 saturated carbocycles. The van der Waals surface area contributed by atoms with Crippen molar-refractivity contribution >= 4 is 27.6 Å². The third-order valence-corrected chi connectivity index (χ3v) is 6.62. The number of carbonyl (C=O) groups is 1. The van der Waals surface area contributed by atoms with Gasteiger partial charge in [0.1, 0.15) is 10.6 Å². The van der Waals surface area contributed by atoms with Gasteiger partial charge in [-0.1, -0.05) is 35.9 Å². The van der Waals surface area contributed by atoms with Crippen molar-refractivity contribution < 1.29 is 17.9 Å². The van der Waals surface area contributed by atoms with Crippen LogP contribution in [0.5, 0.6) is 5.75 Å². The molecule has 0 N–H and O–H groups in total. The SMILES string of the molecule is CC(=O)Oc1cccc(CN(CCCc2cccc(Cl)c2)S(=O)(=O)c2cccnc2)c1. The molecule has 31 heavy (non-hydrogen) atoms. The molecule has 0 aliphatic heterocycles. The summed E-state index contributed by atoms with van der Waals surface area (Å²) >= 11 is 6.05. The van der Waals surface area contributed by atoms with Gasteiger partial charge < -0.3 is 4.74 Å². The molecule has 0 aliphatic rings. The zero-order valence-electron chi connectivity index (χ0n) is 17.1. The first-order chi connectivity index (χ1) is 14.8. The van der Waals surface area contributed by atoms with E-state index in [0.29, 0.717) is 35.7 Å². The van der Waals surface area contributed by atoms with Gasteiger partial charge in [-0.05, 0) is 60.4 Å². The number of esters is 1. The van der Waals surface area contributed by atoms with E-state index in [2.05, 4.69) is 4.98 Å². The van der Waals surface area contributed by atoms with E-state index in [9.17, 15) is 13.2 Å². The summed E-state index contributed by atoms with van der Waals surface area (Å²) in [5, 5.41) is 0.652. The zero-order valence-corrected chi connectivity index (χ0v) is 18.6. The number of hydrogen-bond donors (Lipinski definition) is 0. The van der Waals surface area contributed by atoms with E-state index in [1.165, 1.54) is 29.7 Å². The van der Waals surface area contributed by atoms with E-state index in [4.69, 9.17) is 16.3 Å². The van der Waals surface area contributed by atoms with Gasteiger partial charge in [-0.25, -0.2) is 8.42 Å². The van der Waals surface area contributed by atoms with Gasteiger partial charge in [-0.15, -0.1) is 0 Å². The topological polar surface area (TPSA) is 76.6 Å². The number of aryl methyl sites for hydroxylation is 1. The van der Waals surface area contributed by atoms with Crippen LogP contribution in [0.4, 0.5) is 0 Å². The highest BCUT2D eigenvalue weighted by Crippen LogP contribution is 2.21. The quantitative estimate of drug-likeness (QED) is 0.349. The minimum absolute atomic E-state index is 0.133. The summed E-state index contributed by atoms with van der Waals surface area (Å²) in [6.07, 6.45) is 4.18. The van der Waals surface area contributed by atoms with Crippen LogP contribution >= 0.6 is 11.6 Å². The highest BCUT2D eigenvalue weighted by Gasteiger charge is 2.24. The van der Waals surface area contributed by atoms with E-state index in [0.717, 1.165) is 5.56 Å². The monoisotopic (exact) mass is 458 g/mol. The number of aromatic nitrogens is 1. The van der Waals surface area contributed by atoms with Crippen molar-refractivity contribution in [3.05, 3.63) is 89.2 Å². The molecule has 1 heterocycles. The second-order valence-electron chi connectivity index (χ2n) is 7.00. The minimum Gasteiger partial charge on any atom is -0.427 e. The Morgan fingerprint density at radius 1 is 1.06 bits per heavy atom. The fourth-order valence-corrected chi connectivity index (χ4v) is 4.81. The summed E-state index contributed by atoms with van der Waals surface area (Å²) in [6, 6.07) is 17.5. The number of carbonyl (C=O) groups excluding carboxylic acids is 1. The largest absolute Gasteiger partial charge is 0.427 e. The number of benzene rings is 2. The van der Waals surface area contributed by atoms with Crippen LogP contribution in [-0.4, -0.2) is 30.2 Å². The molecule has 2 aromatic carbocycles. The molecule has 0 atom stereocenters. The third kappa shape index (κ3) is 6.62. The Bertz CT molecular complexity index is 1140. The van der Waals surface area contributed by atoms with Gasteiger partial charge in [0.2, 0.25) is 10.0 Å². The molecular weight excluding hydrogens is 436 g/mol. The van der Waals surface area contributed by atoms with Crippen LogP contribution in [0, 0.1) is 0 Å². The summed E-state index contributed by atoms with van der Waals surface area (Å²) < 4.78 is 33.1. The average Bonchev–Trinajstić information content (AvgIpc) is 2.73. The first-order valence-electron chi connectivity index (χ1n) is 9.76. The van der Waals surface area contributed by atoms with Gasteiger partial charge in [0.05, 0.1) is 0 Å². The number of nitrogens with zero attached hydrogens (tertiary/aromatic N) is 2. The predicted molar refractivity (Wildman–Crippen MR) is 119 cm³/mol. The Balaban J connectivity index is 1.81. The van der Waals surface area contributed by atoms with E-state index in [1.807, 2.05) is 18.2 Å². The average molecular weight is 459 g/mol. The maximum absolute atomic E-state index is 13.3. The molecule has 0 bridgehead atoms. The normalized spacial score (nSPS) is 11.5. The summed E-state index contributed by atoms with van der Waals surface area (Å²) in [7, 11) is -3.76. The Labute approximate surface area is 187 Å². The summed E-state index contributed by atoms with van der Waals surface area (Å²) in [4.78, 5) is 15.3. The van der Waals surface area contributed by atoms with Gasteiger partial charge in [0.15, 0.2) is 0 Å². The van der Waals surface area contributed by atoms with Crippen LogP contribution < -0.4 is 4.74 Å². The van der Waals surface area contributed by atoms with Crippen LogP contribution in [-0.2, 0) is 27.8 Å². The highest BCUT2D eigenvalue weighted by molar-refractivity contribution is 7.89.